The highest BCUT2D eigenvalue weighted by atomic mass is 35.5. The van der Waals surface area contributed by atoms with E-state index in [0.717, 1.165) is 12.1 Å². The summed E-state index contributed by atoms with van der Waals surface area (Å²) in [6.45, 7) is 1.30. The van der Waals surface area contributed by atoms with Gasteiger partial charge in [-0.2, -0.15) is 0 Å². The van der Waals surface area contributed by atoms with E-state index in [-0.39, 0.29) is 18.4 Å². The van der Waals surface area contributed by atoms with Gasteiger partial charge in [0.1, 0.15) is 5.75 Å². The molecule has 0 unspecified atom stereocenters. The van der Waals surface area contributed by atoms with Crippen LogP contribution in [0.2, 0.25) is 5.02 Å². The smallest absolute Gasteiger partial charge is 0.265 e. The minimum Gasteiger partial charge on any atom is -0.482 e. The lowest BCUT2D eigenvalue weighted by Gasteiger charge is -2.30. The third-order valence-electron chi connectivity index (χ3n) is 4.24. The van der Waals surface area contributed by atoms with Crippen LogP contribution in [-0.2, 0) is 9.59 Å². The zero-order chi connectivity index (χ0) is 20.1. The van der Waals surface area contributed by atoms with Gasteiger partial charge in [0, 0.05) is 29.9 Å². The number of halogens is 1. The Balaban J connectivity index is 1.72. The van der Waals surface area contributed by atoms with Crippen LogP contribution in [0.5, 0.6) is 5.75 Å². The first-order valence-corrected chi connectivity index (χ1v) is 9.27. The van der Waals surface area contributed by atoms with E-state index in [1.54, 1.807) is 41.3 Å². The Bertz CT molecular complexity index is 894. The molecule has 0 spiro atoms. The molecule has 2 aromatic carbocycles. The molecule has 0 aromatic heterocycles. The number of likely N-dealkylation sites (N-methyl/N-ethyl adjacent to an activating group) is 1. The Morgan fingerprint density at radius 2 is 2.00 bits per heavy atom. The van der Waals surface area contributed by atoms with Crippen LogP contribution in [0.4, 0.5) is 11.4 Å². The van der Waals surface area contributed by atoms with Gasteiger partial charge in [0.15, 0.2) is 6.61 Å². The van der Waals surface area contributed by atoms with Gasteiger partial charge in [-0.25, -0.2) is 0 Å². The maximum Gasteiger partial charge on any atom is 0.265 e. The van der Waals surface area contributed by atoms with Gasteiger partial charge in [0.25, 0.3) is 5.91 Å². The maximum absolute atomic E-state index is 12.3. The fraction of sp³-hybridized carbons (Fsp3) is 0.238. The Hall–Kier alpha value is -2.83. The first-order valence-electron chi connectivity index (χ1n) is 8.89. The van der Waals surface area contributed by atoms with Gasteiger partial charge in [-0.05, 0) is 56.1 Å². The number of hydrogen-bond acceptors (Lipinski definition) is 4. The van der Waals surface area contributed by atoms with E-state index in [2.05, 4.69) is 5.32 Å². The lowest BCUT2D eigenvalue weighted by Crippen LogP contribution is -2.42. The Morgan fingerprint density at radius 1 is 1.25 bits per heavy atom. The van der Waals surface area contributed by atoms with Crippen molar-refractivity contribution in [3.8, 4) is 5.75 Å². The number of benzene rings is 2. The average molecular weight is 400 g/mol. The van der Waals surface area contributed by atoms with E-state index >= 15 is 0 Å². The topological polar surface area (TPSA) is 61.9 Å². The quantitative estimate of drug-likeness (QED) is 0.757. The zero-order valence-corrected chi connectivity index (χ0v) is 16.6. The molecule has 0 radical (unpaired) electrons. The second-order valence-corrected chi connectivity index (χ2v) is 7.13. The molecule has 1 aliphatic heterocycles. The van der Waals surface area contributed by atoms with Gasteiger partial charge < -0.3 is 19.9 Å². The molecule has 1 aliphatic rings. The van der Waals surface area contributed by atoms with Crippen molar-refractivity contribution in [2.75, 3.05) is 44.0 Å². The summed E-state index contributed by atoms with van der Waals surface area (Å²) in [6, 6.07) is 12.5. The summed E-state index contributed by atoms with van der Waals surface area (Å²) in [6.07, 6.45) is 3.16. The molecule has 0 aliphatic carbocycles. The SMILES string of the molecule is CN(C)CCN1C(=O)COc2ccc(NC(=O)/C=C/c3ccc(Cl)cc3)cc21. The highest BCUT2D eigenvalue weighted by Gasteiger charge is 2.25. The van der Waals surface area contributed by atoms with Crippen molar-refractivity contribution in [2.24, 2.45) is 0 Å². The average Bonchev–Trinajstić information content (AvgIpc) is 2.66. The van der Waals surface area contributed by atoms with Crippen molar-refractivity contribution in [2.45, 2.75) is 0 Å². The molecule has 2 amide bonds. The summed E-state index contributed by atoms with van der Waals surface area (Å²) < 4.78 is 5.51. The standard InChI is InChI=1S/C21H22ClN3O3/c1-24(2)11-12-25-18-13-17(8-9-19(18)28-14-21(25)27)23-20(26)10-5-15-3-6-16(22)7-4-15/h3-10,13H,11-12,14H2,1-2H3,(H,23,26)/b10-5+. The summed E-state index contributed by atoms with van der Waals surface area (Å²) in [5, 5.41) is 3.46. The highest BCUT2D eigenvalue weighted by molar-refractivity contribution is 6.30. The zero-order valence-electron chi connectivity index (χ0n) is 15.8. The van der Waals surface area contributed by atoms with Crippen molar-refractivity contribution in [1.29, 1.82) is 0 Å². The van der Waals surface area contributed by atoms with Gasteiger partial charge in [-0.15, -0.1) is 0 Å². The summed E-state index contributed by atoms with van der Waals surface area (Å²) in [5.74, 6) is 0.270. The number of rotatable bonds is 6. The van der Waals surface area contributed by atoms with Gasteiger partial charge in [0.05, 0.1) is 5.69 Å². The van der Waals surface area contributed by atoms with Gasteiger partial charge in [0.2, 0.25) is 5.91 Å². The number of anilines is 2. The number of hydrogen-bond donors (Lipinski definition) is 1. The molecule has 0 atom stereocenters. The van der Waals surface area contributed by atoms with Crippen LogP contribution >= 0.6 is 11.6 Å². The Labute approximate surface area is 169 Å². The number of fused-ring (bicyclic) bond motifs is 1. The first-order chi connectivity index (χ1) is 13.4. The van der Waals surface area contributed by atoms with Crippen molar-refractivity contribution >= 4 is 40.9 Å². The minimum atomic E-state index is -0.266. The monoisotopic (exact) mass is 399 g/mol. The molecular formula is C21H22ClN3O3. The molecule has 28 heavy (non-hydrogen) atoms. The lowest BCUT2D eigenvalue weighted by atomic mass is 10.2. The second-order valence-electron chi connectivity index (χ2n) is 6.69. The molecule has 7 heteroatoms. The third-order valence-corrected chi connectivity index (χ3v) is 4.49. The van der Waals surface area contributed by atoms with E-state index in [1.165, 1.54) is 6.08 Å². The summed E-state index contributed by atoms with van der Waals surface area (Å²) >= 11 is 5.86. The molecule has 1 heterocycles. The number of carbonyl (C=O) groups excluding carboxylic acids is 2. The number of ether oxygens (including phenoxy) is 1. The predicted molar refractivity (Wildman–Crippen MR) is 112 cm³/mol. The van der Waals surface area contributed by atoms with Gasteiger partial charge in [-0.1, -0.05) is 23.7 Å². The maximum atomic E-state index is 12.3. The predicted octanol–water partition coefficient (Wildman–Crippen LogP) is 3.28. The molecule has 0 saturated heterocycles. The summed E-state index contributed by atoms with van der Waals surface area (Å²) in [7, 11) is 3.91. The van der Waals surface area contributed by atoms with Crippen LogP contribution < -0.4 is 15.0 Å². The Morgan fingerprint density at radius 3 is 2.71 bits per heavy atom. The fourth-order valence-electron chi connectivity index (χ4n) is 2.75. The molecule has 1 N–H and O–H groups in total. The molecule has 0 saturated carbocycles. The number of nitrogens with one attached hydrogen (secondary N) is 1. The van der Waals surface area contributed by atoms with E-state index in [9.17, 15) is 9.59 Å². The molecular weight excluding hydrogens is 378 g/mol. The first kappa shape index (κ1) is 19.9. The van der Waals surface area contributed by atoms with Crippen LogP contribution in [0.15, 0.2) is 48.5 Å². The van der Waals surface area contributed by atoms with E-state index < -0.39 is 0 Å². The molecule has 0 bridgehead atoms. The van der Waals surface area contributed by atoms with E-state index in [4.69, 9.17) is 16.3 Å². The van der Waals surface area contributed by atoms with Crippen molar-refractivity contribution in [3.05, 3.63) is 59.1 Å². The van der Waals surface area contributed by atoms with Crippen LogP contribution in [-0.4, -0.2) is 50.5 Å². The van der Waals surface area contributed by atoms with Gasteiger partial charge in [-0.3, -0.25) is 9.59 Å². The number of amides is 2. The van der Waals surface area contributed by atoms with Crippen LogP contribution in [0.3, 0.4) is 0 Å². The summed E-state index contributed by atoms with van der Waals surface area (Å²) in [4.78, 5) is 28.2. The van der Waals surface area contributed by atoms with Crippen LogP contribution in [0.25, 0.3) is 6.08 Å². The van der Waals surface area contributed by atoms with E-state index in [1.807, 2.05) is 31.1 Å². The Kier molecular flexibility index (Phi) is 6.34. The molecule has 146 valence electrons. The third kappa shape index (κ3) is 5.12. The minimum absolute atomic E-state index is 0.0238. The molecule has 0 fully saturated rings. The van der Waals surface area contributed by atoms with Crippen molar-refractivity contribution in [3.63, 3.8) is 0 Å². The highest BCUT2D eigenvalue weighted by Crippen LogP contribution is 2.34. The van der Waals surface area contributed by atoms with Crippen molar-refractivity contribution < 1.29 is 14.3 Å². The van der Waals surface area contributed by atoms with Crippen molar-refractivity contribution in [1.82, 2.24) is 4.90 Å². The number of nitrogens with zero attached hydrogens (tertiary/aromatic N) is 2. The largest absolute Gasteiger partial charge is 0.482 e. The van der Waals surface area contributed by atoms with Crippen LogP contribution in [0.1, 0.15) is 5.56 Å². The fourth-order valence-corrected chi connectivity index (χ4v) is 2.88. The molecule has 6 nitrogen and oxygen atoms in total. The van der Waals surface area contributed by atoms with Gasteiger partial charge >= 0.3 is 0 Å². The normalized spacial score (nSPS) is 13.6. The molecule has 3 rings (SSSR count). The summed E-state index contributed by atoms with van der Waals surface area (Å²) in [5.41, 5.74) is 2.13. The molecule has 2 aromatic rings. The van der Waals surface area contributed by atoms with E-state index in [0.29, 0.717) is 28.7 Å². The lowest BCUT2D eigenvalue weighted by molar-refractivity contribution is -0.121. The van der Waals surface area contributed by atoms with Crippen LogP contribution in [0, 0.1) is 0 Å². The second kappa shape index (κ2) is 8.91. The number of carbonyl (C=O) groups is 2.